The average Bonchev–Trinajstić information content (AvgIpc) is 2.72. The maximum absolute atomic E-state index is 5.80. The predicted octanol–water partition coefficient (Wildman–Crippen LogP) is 3.48. The third kappa shape index (κ3) is 3.26. The van der Waals surface area contributed by atoms with E-state index in [4.69, 9.17) is 9.47 Å². The van der Waals surface area contributed by atoms with E-state index in [9.17, 15) is 0 Å². The SMILES string of the molecule is CC(C)N1CCC(Nc2ccc3c(c2)OC(C)(C)O3)CC1. The van der Waals surface area contributed by atoms with Gasteiger partial charge in [0, 0.05) is 50.8 Å². The topological polar surface area (TPSA) is 33.7 Å². The number of hydrogen-bond acceptors (Lipinski definition) is 4. The predicted molar refractivity (Wildman–Crippen MR) is 85.1 cm³/mol. The van der Waals surface area contributed by atoms with Crippen molar-refractivity contribution >= 4 is 5.69 Å². The van der Waals surface area contributed by atoms with Gasteiger partial charge >= 0.3 is 0 Å². The lowest BCUT2D eigenvalue weighted by Gasteiger charge is -2.35. The van der Waals surface area contributed by atoms with E-state index in [2.05, 4.69) is 36.2 Å². The van der Waals surface area contributed by atoms with Crippen LogP contribution in [-0.4, -0.2) is 35.9 Å². The van der Waals surface area contributed by atoms with Crippen molar-refractivity contribution in [2.45, 2.75) is 58.4 Å². The minimum absolute atomic E-state index is 0.549. The highest BCUT2D eigenvalue weighted by atomic mass is 16.7. The molecular weight excluding hydrogens is 264 g/mol. The largest absolute Gasteiger partial charge is 0.449 e. The van der Waals surface area contributed by atoms with Crippen LogP contribution in [0.2, 0.25) is 0 Å². The van der Waals surface area contributed by atoms with Crippen molar-refractivity contribution in [3.8, 4) is 11.5 Å². The van der Waals surface area contributed by atoms with Crippen LogP contribution < -0.4 is 14.8 Å². The molecule has 0 amide bonds. The lowest BCUT2D eigenvalue weighted by molar-refractivity contribution is -0.0431. The molecule has 2 aliphatic rings. The first-order chi connectivity index (χ1) is 9.93. The lowest BCUT2D eigenvalue weighted by Crippen LogP contribution is -2.42. The third-order valence-corrected chi connectivity index (χ3v) is 4.29. The molecule has 0 saturated carbocycles. The van der Waals surface area contributed by atoms with Gasteiger partial charge in [0.25, 0.3) is 0 Å². The van der Waals surface area contributed by atoms with E-state index in [1.807, 2.05) is 19.9 Å². The number of hydrogen-bond donors (Lipinski definition) is 1. The molecule has 0 unspecified atom stereocenters. The third-order valence-electron chi connectivity index (χ3n) is 4.29. The Morgan fingerprint density at radius 3 is 2.48 bits per heavy atom. The van der Waals surface area contributed by atoms with Crippen molar-refractivity contribution in [3.05, 3.63) is 18.2 Å². The smallest absolute Gasteiger partial charge is 0.246 e. The Labute approximate surface area is 127 Å². The molecular formula is C17H26N2O2. The van der Waals surface area contributed by atoms with Crippen LogP contribution in [0.1, 0.15) is 40.5 Å². The summed E-state index contributed by atoms with van der Waals surface area (Å²) in [6.45, 7) is 10.8. The Balaban J connectivity index is 1.60. The summed E-state index contributed by atoms with van der Waals surface area (Å²) in [5.41, 5.74) is 1.12. The first-order valence-electron chi connectivity index (χ1n) is 7.96. The molecule has 1 aromatic rings. The van der Waals surface area contributed by atoms with E-state index in [0.717, 1.165) is 17.2 Å². The van der Waals surface area contributed by atoms with Gasteiger partial charge in [-0.05, 0) is 38.8 Å². The molecule has 0 aliphatic carbocycles. The molecule has 0 spiro atoms. The van der Waals surface area contributed by atoms with Crippen LogP contribution in [-0.2, 0) is 0 Å². The zero-order valence-electron chi connectivity index (χ0n) is 13.5. The Bertz CT molecular complexity index is 506. The van der Waals surface area contributed by atoms with E-state index < -0.39 is 5.79 Å². The Morgan fingerprint density at radius 2 is 1.81 bits per heavy atom. The first-order valence-corrected chi connectivity index (χ1v) is 7.96. The molecule has 1 N–H and O–H groups in total. The lowest BCUT2D eigenvalue weighted by atomic mass is 10.0. The summed E-state index contributed by atoms with van der Waals surface area (Å²) >= 11 is 0. The molecule has 3 rings (SSSR count). The van der Waals surface area contributed by atoms with E-state index >= 15 is 0 Å². The maximum atomic E-state index is 5.80. The van der Waals surface area contributed by atoms with Gasteiger partial charge in [-0.1, -0.05) is 0 Å². The van der Waals surface area contributed by atoms with Crippen LogP contribution in [0.25, 0.3) is 0 Å². The van der Waals surface area contributed by atoms with Gasteiger partial charge in [0.15, 0.2) is 11.5 Å². The van der Waals surface area contributed by atoms with Gasteiger partial charge in [0.05, 0.1) is 0 Å². The summed E-state index contributed by atoms with van der Waals surface area (Å²) in [6.07, 6.45) is 2.39. The number of nitrogens with one attached hydrogen (secondary N) is 1. The summed E-state index contributed by atoms with van der Waals surface area (Å²) in [7, 11) is 0. The fraction of sp³-hybridized carbons (Fsp3) is 0.647. The molecule has 116 valence electrons. The van der Waals surface area contributed by atoms with Gasteiger partial charge < -0.3 is 19.7 Å². The molecule has 1 saturated heterocycles. The van der Waals surface area contributed by atoms with Gasteiger partial charge in [-0.15, -0.1) is 0 Å². The molecule has 21 heavy (non-hydrogen) atoms. The Morgan fingerprint density at radius 1 is 1.14 bits per heavy atom. The number of piperidine rings is 1. The van der Waals surface area contributed by atoms with Crippen LogP contribution >= 0.6 is 0 Å². The standard InChI is InChI=1S/C17H26N2O2/c1-12(2)19-9-7-13(8-10-19)18-14-5-6-15-16(11-14)21-17(3,4)20-15/h5-6,11-13,18H,7-10H2,1-4H3. The number of fused-ring (bicyclic) bond motifs is 1. The van der Waals surface area contributed by atoms with Gasteiger partial charge in [0.2, 0.25) is 5.79 Å². The van der Waals surface area contributed by atoms with Gasteiger partial charge in [-0.25, -0.2) is 0 Å². The van der Waals surface area contributed by atoms with Crippen LogP contribution in [0.5, 0.6) is 11.5 Å². The van der Waals surface area contributed by atoms with Crippen molar-refractivity contribution in [1.82, 2.24) is 4.90 Å². The van der Waals surface area contributed by atoms with Crippen LogP contribution in [0.4, 0.5) is 5.69 Å². The maximum Gasteiger partial charge on any atom is 0.246 e. The number of anilines is 1. The second-order valence-corrected chi connectivity index (χ2v) is 6.81. The number of likely N-dealkylation sites (tertiary alicyclic amines) is 1. The minimum Gasteiger partial charge on any atom is -0.449 e. The average molecular weight is 290 g/mol. The second kappa shape index (κ2) is 5.41. The van der Waals surface area contributed by atoms with Crippen LogP contribution in [0, 0.1) is 0 Å². The quantitative estimate of drug-likeness (QED) is 0.924. The monoisotopic (exact) mass is 290 g/mol. The molecule has 4 nitrogen and oxygen atoms in total. The molecule has 0 atom stereocenters. The molecule has 0 radical (unpaired) electrons. The molecule has 2 heterocycles. The van der Waals surface area contributed by atoms with Crippen LogP contribution in [0.15, 0.2) is 18.2 Å². The number of nitrogens with zero attached hydrogens (tertiary/aromatic N) is 1. The minimum atomic E-state index is -0.552. The summed E-state index contributed by atoms with van der Waals surface area (Å²) in [6, 6.07) is 7.33. The Kier molecular flexibility index (Phi) is 3.74. The molecule has 4 heteroatoms. The fourth-order valence-electron chi connectivity index (χ4n) is 3.11. The zero-order chi connectivity index (χ0) is 15.0. The summed E-state index contributed by atoms with van der Waals surface area (Å²) in [5, 5.41) is 3.64. The Hall–Kier alpha value is -1.42. The molecule has 1 aromatic carbocycles. The molecule has 2 aliphatic heterocycles. The van der Waals surface area contributed by atoms with Gasteiger partial charge in [-0.3, -0.25) is 0 Å². The van der Waals surface area contributed by atoms with Crippen LogP contribution in [0.3, 0.4) is 0 Å². The van der Waals surface area contributed by atoms with Gasteiger partial charge in [-0.2, -0.15) is 0 Å². The highest BCUT2D eigenvalue weighted by molar-refractivity contribution is 5.56. The highest BCUT2D eigenvalue weighted by Gasteiger charge is 2.31. The van der Waals surface area contributed by atoms with E-state index in [1.165, 1.54) is 25.9 Å². The van der Waals surface area contributed by atoms with E-state index in [0.29, 0.717) is 12.1 Å². The van der Waals surface area contributed by atoms with Crippen molar-refractivity contribution in [2.24, 2.45) is 0 Å². The number of ether oxygens (including phenoxy) is 2. The van der Waals surface area contributed by atoms with Crippen molar-refractivity contribution in [2.75, 3.05) is 18.4 Å². The molecule has 0 bridgehead atoms. The van der Waals surface area contributed by atoms with Crippen molar-refractivity contribution < 1.29 is 9.47 Å². The first kappa shape index (κ1) is 14.5. The van der Waals surface area contributed by atoms with Crippen molar-refractivity contribution in [3.63, 3.8) is 0 Å². The van der Waals surface area contributed by atoms with Crippen molar-refractivity contribution in [1.29, 1.82) is 0 Å². The summed E-state index contributed by atoms with van der Waals surface area (Å²) < 4.78 is 11.5. The van der Waals surface area contributed by atoms with Gasteiger partial charge in [0.1, 0.15) is 0 Å². The molecule has 1 fully saturated rings. The number of rotatable bonds is 3. The summed E-state index contributed by atoms with van der Waals surface area (Å²) in [4.78, 5) is 2.54. The summed E-state index contributed by atoms with van der Waals surface area (Å²) in [5.74, 6) is 1.12. The second-order valence-electron chi connectivity index (χ2n) is 6.81. The number of benzene rings is 1. The fourth-order valence-corrected chi connectivity index (χ4v) is 3.11. The molecule has 0 aromatic heterocycles. The van der Waals surface area contributed by atoms with E-state index in [1.54, 1.807) is 0 Å². The van der Waals surface area contributed by atoms with E-state index in [-0.39, 0.29) is 0 Å². The normalized spacial score (nSPS) is 21.8. The highest BCUT2D eigenvalue weighted by Crippen LogP contribution is 2.40. The zero-order valence-corrected chi connectivity index (χ0v) is 13.5.